The van der Waals surface area contributed by atoms with Gasteiger partial charge < -0.3 is 14.7 Å². The molecule has 5 rings (SSSR count). The largest absolute Gasteiger partial charge is 0.478 e. The molecule has 0 radical (unpaired) electrons. The summed E-state index contributed by atoms with van der Waals surface area (Å²) >= 11 is 13.0. The molecule has 40 heavy (non-hydrogen) atoms. The number of benzene rings is 4. The minimum atomic E-state index is -1.44. The molecular weight excluding hydrogens is 547 g/mol. The van der Waals surface area contributed by atoms with Gasteiger partial charge in [-0.05, 0) is 54.8 Å². The van der Waals surface area contributed by atoms with Gasteiger partial charge in [-0.3, -0.25) is 10.1 Å². The zero-order chi connectivity index (χ0) is 28.4. The molecule has 0 saturated heterocycles. The number of aryl methyl sites for hydroxylation is 1. The van der Waals surface area contributed by atoms with Gasteiger partial charge >= 0.3 is 5.97 Å². The van der Waals surface area contributed by atoms with Crippen molar-refractivity contribution in [1.29, 1.82) is 0 Å². The second kappa shape index (κ2) is 11.3. The summed E-state index contributed by atoms with van der Waals surface area (Å²) < 4.78 is 6.39. The Labute approximate surface area is 243 Å². The highest BCUT2D eigenvalue weighted by molar-refractivity contribution is 6.36. The van der Waals surface area contributed by atoms with Crippen molar-refractivity contribution in [1.82, 2.24) is 5.32 Å². The fraction of sp³-hybridized carbons (Fsp3) is 0.188. The van der Waals surface area contributed by atoms with Gasteiger partial charge in [0, 0.05) is 26.9 Å². The highest BCUT2D eigenvalue weighted by Gasteiger charge is 2.52. The lowest BCUT2D eigenvalue weighted by atomic mass is 9.77. The van der Waals surface area contributed by atoms with Crippen molar-refractivity contribution in [3.8, 4) is 5.75 Å². The lowest BCUT2D eigenvalue weighted by Gasteiger charge is -2.40. The van der Waals surface area contributed by atoms with Gasteiger partial charge in [-0.15, -0.1) is 0 Å². The van der Waals surface area contributed by atoms with Gasteiger partial charge in [0.05, 0.1) is 13.1 Å². The number of anilines is 1. The van der Waals surface area contributed by atoms with Gasteiger partial charge in [0.2, 0.25) is 12.0 Å². The summed E-state index contributed by atoms with van der Waals surface area (Å²) in [4.78, 5) is 28.5. The van der Waals surface area contributed by atoms with Crippen LogP contribution in [-0.4, -0.2) is 29.6 Å². The third-order valence-corrected chi connectivity index (χ3v) is 8.17. The van der Waals surface area contributed by atoms with E-state index in [1.54, 1.807) is 35.2 Å². The van der Waals surface area contributed by atoms with E-state index in [1.807, 2.05) is 74.5 Å². The smallest absolute Gasteiger partial charge is 0.347 e. The first-order chi connectivity index (χ1) is 19.2. The molecule has 1 unspecified atom stereocenters. The maximum atomic E-state index is 13.8. The summed E-state index contributed by atoms with van der Waals surface area (Å²) in [7, 11) is 0. The third-order valence-electron chi connectivity index (χ3n) is 7.46. The van der Waals surface area contributed by atoms with Gasteiger partial charge in [-0.25, -0.2) is 4.79 Å². The maximum Gasteiger partial charge on any atom is 0.347 e. The minimum absolute atomic E-state index is 0.108. The van der Waals surface area contributed by atoms with Crippen LogP contribution in [0, 0.1) is 13.8 Å². The van der Waals surface area contributed by atoms with Crippen LogP contribution in [0.25, 0.3) is 0 Å². The van der Waals surface area contributed by atoms with Crippen molar-refractivity contribution >= 4 is 40.8 Å². The Morgan fingerprint density at radius 1 is 0.950 bits per heavy atom. The Balaban J connectivity index is 1.74. The van der Waals surface area contributed by atoms with E-state index < -0.39 is 17.6 Å². The second-order valence-electron chi connectivity index (χ2n) is 9.76. The highest BCUT2D eigenvalue weighted by Crippen LogP contribution is 2.43. The van der Waals surface area contributed by atoms with Gasteiger partial charge in [0.25, 0.3) is 0 Å². The summed E-state index contributed by atoms with van der Waals surface area (Å²) in [5.74, 6) is -0.989. The number of carbonyl (C=O) groups is 2. The normalized spacial score (nSPS) is 17.6. The molecule has 1 amide bonds. The number of amides is 1. The van der Waals surface area contributed by atoms with Crippen LogP contribution in [0.4, 0.5) is 5.69 Å². The van der Waals surface area contributed by atoms with Gasteiger partial charge in [0.1, 0.15) is 11.3 Å². The Kier molecular flexibility index (Phi) is 7.86. The van der Waals surface area contributed by atoms with Crippen molar-refractivity contribution in [3.05, 3.63) is 129 Å². The Morgan fingerprint density at radius 3 is 2.30 bits per heavy atom. The topological polar surface area (TPSA) is 78.9 Å². The van der Waals surface area contributed by atoms with Crippen molar-refractivity contribution in [2.24, 2.45) is 0 Å². The Bertz CT molecular complexity index is 1560. The number of hydrogen-bond acceptors (Lipinski definition) is 4. The number of carboxylic acid groups (broad SMARTS) is 1. The van der Waals surface area contributed by atoms with E-state index in [9.17, 15) is 14.7 Å². The standard InChI is InChI=1S/C32H28Cl2N2O4/c1-20-10-8-17-28(21(20)2)40-30(31(38)39)32(22-11-4-3-5-12-22)24-13-6-7-16-27(24)36(29(37)18-35-32)19-23-25(33)14-9-15-26(23)34/h3-17,30,35H,18-19H2,1-2H3,(H,38,39)/t30?,32-/m0/s1. The first kappa shape index (κ1) is 27.7. The molecular formula is C32H28Cl2N2O4. The van der Waals surface area contributed by atoms with Crippen LogP contribution >= 0.6 is 23.2 Å². The van der Waals surface area contributed by atoms with E-state index in [4.69, 9.17) is 27.9 Å². The van der Waals surface area contributed by atoms with E-state index in [0.29, 0.717) is 38.2 Å². The summed E-state index contributed by atoms with van der Waals surface area (Å²) in [5.41, 5.74) is 2.73. The quantitative estimate of drug-likeness (QED) is 0.262. The Hall–Kier alpha value is -3.84. The average Bonchev–Trinajstić information content (AvgIpc) is 3.07. The molecule has 4 aromatic rings. The molecule has 0 bridgehead atoms. The minimum Gasteiger partial charge on any atom is -0.478 e. The molecule has 0 aliphatic carbocycles. The number of rotatable bonds is 7. The fourth-order valence-electron chi connectivity index (χ4n) is 5.24. The molecule has 6 nitrogen and oxygen atoms in total. The molecule has 1 aliphatic rings. The molecule has 4 aromatic carbocycles. The molecule has 0 saturated carbocycles. The van der Waals surface area contributed by atoms with Gasteiger partial charge in [0.15, 0.2) is 0 Å². The van der Waals surface area contributed by atoms with Crippen LogP contribution in [0.15, 0.2) is 91.0 Å². The van der Waals surface area contributed by atoms with Crippen LogP contribution in [0.2, 0.25) is 10.0 Å². The molecule has 1 aliphatic heterocycles. The predicted octanol–water partition coefficient (Wildman–Crippen LogP) is 6.52. The van der Waals surface area contributed by atoms with Crippen molar-refractivity contribution in [3.63, 3.8) is 0 Å². The zero-order valence-electron chi connectivity index (χ0n) is 22.0. The lowest BCUT2D eigenvalue weighted by molar-refractivity contribution is -0.149. The number of aliphatic carboxylic acids is 1. The monoisotopic (exact) mass is 574 g/mol. The van der Waals surface area contributed by atoms with Crippen LogP contribution < -0.4 is 15.0 Å². The van der Waals surface area contributed by atoms with E-state index in [0.717, 1.165) is 11.1 Å². The first-order valence-corrected chi connectivity index (χ1v) is 13.6. The first-order valence-electron chi connectivity index (χ1n) is 12.8. The lowest BCUT2D eigenvalue weighted by Crippen LogP contribution is -2.58. The molecule has 0 fully saturated rings. The predicted molar refractivity (Wildman–Crippen MR) is 157 cm³/mol. The molecule has 8 heteroatoms. The SMILES string of the molecule is Cc1cccc(OC(C(=O)O)[C@@]2(c3ccccc3)NCC(=O)N(Cc3c(Cl)cccc3Cl)c3ccccc32)c1C. The molecule has 1 heterocycles. The second-order valence-corrected chi connectivity index (χ2v) is 10.6. The highest BCUT2D eigenvalue weighted by atomic mass is 35.5. The molecule has 2 N–H and O–H groups in total. The van der Waals surface area contributed by atoms with Crippen LogP contribution in [0.3, 0.4) is 0 Å². The van der Waals surface area contributed by atoms with E-state index >= 15 is 0 Å². The van der Waals surface area contributed by atoms with Crippen LogP contribution in [0.1, 0.15) is 27.8 Å². The van der Waals surface area contributed by atoms with Crippen LogP contribution in [0.5, 0.6) is 5.75 Å². The Morgan fingerprint density at radius 2 is 1.60 bits per heavy atom. The van der Waals surface area contributed by atoms with Gasteiger partial charge in [-0.2, -0.15) is 0 Å². The molecule has 0 aromatic heterocycles. The summed E-state index contributed by atoms with van der Waals surface area (Å²) in [5, 5.41) is 14.9. The number of carboxylic acids is 1. The number of hydrogen-bond donors (Lipinski definition) is 2. The number of nitrogens with one attached hydrogen (secondary N) is 1. The summed E-state index contributed by atoms with van der Waals surface area (Å²) in [6.07, 6.45) is -1.44. The zero-order valence-corrected chi connectivity index (χ0v) is 23.5. The molecule has 2 atom stereocenters. The van der Waals surface area contributed by atoms with Crippen molar-refractivity contribution in [2.45, 2.75) is 32.0 Å². The number of fused-ring (bicyclic) bond motifs is 1. The number of halogens is 2. The number of carbonyl (C=O) groups excluding carboxylic acids is 1. The summed E-state index contributed by atoms with van der Waals surface area (Å²) in [6, 6.07) is 27.2. The fourth-order valence-corrected chi connectivity index (χ4v) is 5.76. The van der Waals surface area contributed by atoms with E-state index in [1.165, 1.54) is 0 Å². The molecule has 0 spiro atoms. The third kappa shape index (κ3) is 4.94. The number of para-hydroxylation sites is 1. The maximum absolute atomic E-state index is 13.8. The van der Waals surface area contributed by atoms with Crippen molar-refractivity contribution < 1.29 is 19.4 Å². The van der Waals surface area contributed by atoms with Crippen LogP contribution in [-0.2, 0) is 21.7 Å². The number of nitrogens with zero attached hydrogens (tertiary/aromatic N) is 1. The molecule has 204 valence electrons. The number of ether oxygens (including phenoxy) is 1. The van der Waals surface area contributed by atoms with E-state index in [2.05, 4.69) is 5.32 Å². The van der Waals surface area contributed by atoms with E-state index in [-0.39, 0.29) is 19.0 Å². The van der Waals surface area contributed by atoms with Gasteiger partial charge in [-0.1, -0.05) is 89.9 Å². The van der Waals surface area contributed by atoms with Crippen molar-refractivity contribution in [2.75, 3.05) is 11.4 Å². The summed E-state index contributed by atoms with van der Waals surface area (Å²) in [6.45, 7) is 3.79. The average molecular weight is 575 g/mol.